The third kappa shape index (κ3) is 3.81. The second-order valence-corrected chi connectivity index (χ2v) is 6.80. The minimum atomic E-state index is -3.62. The van der Waals surface area contributed by atoms with Crippen LogP contribution in [0.25, 0.3) is 0 Å². The Morgan fingerprint density at radius 2 is 2.20 bits per heavy atom. The van der Waals surface area contributed by atoms with Gasteiger partial charge in [0, 0.05) is 22.9 Å². The van der Waals surface area contributed by atoms with Gasteiger partial charge in [-0.1, -0.05) is 22.0 Å². The summed E-state index contributed by atoms with van der Waals surface area (Å²) in [7, 11) is -3.62. The fourth-order valence-electron chi connectivity index (χ4n) is 1.62. The second kappa shape index (κ2) is 6.38. The van der Waals surface area contributed by atoms with Gasteiger partial charge in [0.25, 0.3) is 10.0 Å². The fourth-order valence-corrected chi connectivity index (χ4v) is 3.03. The highest BCUT2D eigenvalue weighted by molar-refractivity contribution is 9.10. The predicted octanol–water partition coefficient (Wildman–Crippen LogP) is 1.80. The van der Waals surface area contributed by atoms with Crippen LogP contribution in [0.1, 0.15) is 6.42 Å². The maximum Gasteiger partial charge on any atom is 0.265 e. The van der Waals surface area contributed by atoms with Crippen molar-refractivity contribution in [3.63, 3.8) is 0 Å². The Hall–Kier alpha value is -1.38. The summed E-state index contributed by atoms with van der Waals surface area (Å²) in [5.41, 5.74) is 5.90. The van der Waals surface area contributed by atoms with Crippen molar-refractivity contribution < 1.29 is 8.42 Å². The molecule has 0 saturated heterocycles. The summed E-state index contributed by atoms with van der Waals surface area (Å²) in [6.07, 6.45) is 3.58. The molecule has 0 aliphatic carbocycles. The number of benzene rings is 1. The number of anilines is 1. The lowest BCUT2D eigenvalue weighted by atomic mass is 10.3. The summed E-state index contributed by atoms with van der Waals surface area (Å²) in [4.78, 5) is 0.134. The minimum absolute atomic E-state index is 0.134. The molecule has 0 spiro atoms. The number of nitrogens with one attached hydrogen (secondary N) is 1. The zero-order chi connectivity index (χ0) is 14.6. The zero-order valence-corrected chi connectivity index (χ0v) is 13.1. The molecule has 2 aromatic rings. The first-order valence-electron chi connectivity index (χ1n) is 6.02. The van der Waals surface area contributed by atoms with Crippen molar-refractivity contribution in [1.29, 1.82) is 0 Å². The van der Waals surface area contributed by atoms with Crippen LogP contribution in [0.15, 0.2) is 46.0 Å². The first-order valence-corrected chi connectivity index (χ1v) is 8.30. The van der Waals surface area contributed by atoms with Gasteiger partial charge in [-0.25, -0.2) is 8.42 Å². The van der Waals surface area contributed by atoms with Gasteiger partial charge in [-0.15, -0.1) is 0 Å². The van der Waals surface area contributed by atoms with Crippen molar-refractivity contribution in [3.8, 4) is 0 Å². The van der Waals surface area contributed by atoms with Crippen molar-refractivity contribution in [2.75, 3.05) is 11.3 Å². The average Bonchev–Trinajstić information content (AvgIpc) is 2.85. The molecule has 20 heavy (non-hydrogen) atoms. The summed E-state index contributed by atoms with van der Waals surface area (Å²) < 4.78 is 29.3. The van der Waals surface area contributed by atoms with Crippen LogP contribution in [0.2, 0.25) is 0 Å². The van der Waals surface area contributed by atoms with Gasteiger partial charge in [0.1, 0.15) is 4.90 Å². The molecule has 0 amide bonds. The Bertz CT molecular complexity index is 684. The van der Waals surface area contributed by atoms with Gasteiger partial charge in [-0.3, -0.25) is 9.40 Å². The molecule has 2 rings (SSSR count). The van der Waals surface area contributed by atoms with Crippen LogP contribution < -0.4 is 10.5 Å². The lowest BCUT2D eigenvalue weighted by molar-refractivity contribution is 0.582. The molecular weight excluding hydrogens is 344 g/mol. The Balaban J connectivity index is 2.16. The van der Waals surface area contributed by atoms with Crippen molar-refractivity contribution in [2.45, 2.75) is 17.9 Å². The van der Waals surface area contributed by atoms with E-state index in [0.717, 1.165) is 10.9 Å². The van der Waals surface area contributed by atoms with Crippen molar-refractivity contribution >= 4 is 31.6 Å². The Morgan fingerprint density at radius 1 is 1.40 bits per heavy atom. The molecule has 1 aromatic heterocycles. The molecule has 0 unspecified atom stereocenters. The highest BCUT2D eigenvalue weighted by Gasteiger charge is 2.16. The van der Waals surface area contributed by atoms with Gasteiger partial charge in [-0.05, 0) is 31.2 Å². The van der Waals surface area contributed by atoms with E-state index in [-0.39, 0.29) is 4.90 Å². The van der Waals surface area contributed by atoms with E-state index < -0.39 is 10.0 Å². The van der Waals surface area contributed by atoms with Crippen LogP contribution in [0.3, 0.4) is 0 Å². The van der Waals surface area contributed by atoms with Gasteiger partial charge in [0.05, 0.1) is 6.20 Å². The molecule has 3 N–H and O–H groups in total. The van der Waals surface area contributed by atoms with Gasteiger partial charge < -0.3 is 5.73 Å². The topological polar surface area (TPSA) is 90.0 Å². The third-order valence-electron chi connectivity index (χ3n) is 2.59. The number of aromatic nitrogens is 2. The average molecular weight is 359 g/mol. The minimum Gasteiger partial charge on any atom is -0.330 e. The molecule has 1 heterocycles. The Morgan fingerprint density at radius 3 is 2.90 bits per heavy atom. The van der Waals surface area contributed by atoms with E-state index in [9.17, 15) is 8.42 Å². The number of sulfonamides is 1. The van der Waals surface area contributed by atoms with Crippen LogP contribution >= 0.6 is 15.9 Å². The van der Waals surface area contributed by atoms with E-state index in [4.69, 9.17) is 5.73 Å². The number of nitrogens with two attached hydrogens (primary N) is 1. The molecule has 1 aromatic carbocycles. The Labute approximate surface area is 126 Å². The van der Waals surface area contributed by atoms with E-state index in [0.29, 0.717) is 18.8 Å². The van der Waals surface area contributed by atoms with Crippen molar-refractivity contribution in [3.05, 3.63) is 41.1 Å². The molecule has 108 valence electrons. The highest BCUT2D eigenvalue weighted by atomic mass is 79.9. The number of hydrogen-bond donors (Lipinski definition) is 2. The molecular formula is C12H15BrN4O2S. The van der Waals surface area contributed by atoms with Crippen molar-refractivity contribution in [2.24, 2.45) is 5.73 Å². The quantitative estimate of drug-likeness (QED) is 0.823. The zero-order valence-electron chi connectivity index (χ0n) is 10.7. The van der Waals surface area contributed by atoms with Crippen LogP contribution in [-0.4, -0.2) is 24.7 Å². The standard InChI is InChI=1S/C12H15BrN4O2S/c13-10-3-1-4-11(7-10)16-20(18,19)12-8-15-17(9-12)6-2-5-14/h1,3-4,7-9,16H,2,5-6,14H2. The summed E-state index contributed by atoms with van der Waals surface area (Å²) in [6.45, 7) is 1.14. The number of hydrogen-bond acceptors (Lipinski definition) is 4. The maximum absolute atomic E-state index is 12.2. The molecule has 6 nitrogen and oxygen atoms in total. The number of nitrogens with zero attached hydrogens (tertiary/aromatic N) is 2. The van der Waals surface area contributed by atoms with Crippen molar-refractivity contribution in [1.82, 2.24) is 9.78 Å². The lowest BCUT2D eigenvalue weighted by Crippen LogP contribution is -2.12. The van der Waals surface area contributed by atoms with Crippen LogP contribution in [0, 0.1) is 0 Å². The molecule has 0 fully saturated rings. The number of halogens is 1. The molecule has 0 bridgehead atoms. The summed E-state index contributed by atoms with van der Waals surface area (Å²) >= 11 is 3.30. The maximum atomic E-state index is 12.2. The SMILES string of the molecule is NCCCn1cc(S(=O)(=O)Nc2cccc(Br)c2)cn1. The monoisotopic (exact) mass is 358 g/mol. The second-order valence-electron chi connectivity index (χ2n) is 4.20. The van der Waals surface area contributed by atoms with Gasteiger partial charge in [0.2, 0.25) is 0 Å². The first kappa shape index (κ1) is 15.0. The van der Waals surface area contributed by atoms with E-state index in [2.05, 4.69) is 25.8 Å². The molecule has 0 radical (unpaired) electrons. The van der Waals surface area contributed by atoms with E-state index in [1.807, 2.05) is 6.07 Å². The first-order chi connectivity index (χ1) is 9.51. The lowest BCUT2D eigenvalue weighted by Gasteiger charge is -2.06. The fraction of sp³-hybridized carbons (Fsp3) is 0.250. The Kier molecular flexibility index (Phi) is 4.79. The van der Waals surface area contributed by atoms with Gasteiger partial charge in [0.15, 0.2) is 0 Å². The van der Waals surface area contributed by atoms with Crippen LogP contribution in [0.5, 0.6) is 0 Å². The smallest absolute Gasteiger partial charge is 0.265 e. The molecule has 0 aliphatic heterocycles. The van der Waals surface area contributed by atoms with Gasteiger partial charge in [-0.2, -0.15) is 5.10 Å². The molecule has 0 saturated carbocycles. The summed E-state index contributed by atoms with van der Waals surface area (Å²) in [6, 6.07) is 6.95. The summed E-state index contributed by atoms with van der Waals surface area (Å²) in [5.74, 6) is 0. The van der Waals surface area contributed by atoms with E-state index in [1.54, 1.807) is 22.9 Å². The molecule has 0 aliphatic rings. The number of rotatable bonds is 6. The summed E-state index contributed by atoms with van der Waals surface area (Å²) in [5, 5.41) is 4.01. The predicted molar refractivity (Wildman–Crippen MR) is 80.8 cm³/mol. The van der Waals surface area contributed by atoms with E-state index in [1.165, 1.54) is 12.4 Å². The van der Waals surface area contributed by atoms with E-state index >= 15 is 0 Å². The van der Waals surface area contributed by atoms with Gasteiger partial charge >= 0.3 is 0 Å². The molecule has 0 atom stereocenters. The number of aryl methyl sites for hydroxylation is 1. The highest BCUT2D eigenvalue weighted by Crippen LogP contribution is 2.19. The third-order valence-corrected chi connectivity index (χ3v) is 4.42. The normalized spacial score (nSPS) is 11.5. The largest absolute Gasteiger partial charge is 0.330 e. The molecule has 8 heteroatoms. The van der Waals surface area contributed by atoms with Crippen LogP contribution in [0.4, 0.5) is 5.69 Å². The van der Waals surface area contributed by atoms with Crippen LogP contribution in [-0.2, 0) is 16.6 Å².